The topological polar surface area (TPSA) is 37.4 Å². The molecule has 1 amide bonds. The normalized spacial score (nSPS) is 14.1. The Hall–Kier alpha value is -1.35. The number of fused-ring (bicyclic) bond motifs is 1. The number of halogens is 1. The summed E-state index contributed by atoms with van der Waals surface area (Å²) < 4.78 is 0. The Kier molecular flexibility index (Phi) is 6.01. The van der Waals surface area contributed by atoms with E-state index in [0.29, 0.717) is 31.1 Å². The quantitative estimate of drug-likeness (QED) is 0.581. The Morgan fingerprint density at radius 3 is 2.77 bits per heavy atom. The lowest BCUT2D eigenvalue weighted by Gasteiger charge is -2.30. The number of hydrogen-bond acceptors (Lipinski definition) is 2. The average molecular weight is 322 g/mol. The van der Waals surface area contributed by atoms with Gasteiger partial charge >= 0.3 is 0 Å². The molecule has 0 aromatic heterocycles. The summed E-state index contributed by atoms with van der Waals surface area (Å²) in [6, 6.07) is 5.73. The minimum Gasteiger partial charge on any atom is -0.312 e. The molecule has 2 rings (SSSR count). The van der Waals surface area contributed by atoms with Gasteiger partial charge < -0.3 is 4.90 Å². The largest absolute Gasteiger partial charge is 0.312 e. The van der Waals surface area contributed by atoms with Crippen molar-refractivity contribution in [2.75, 3.05) is 17.3 Å². The number of carbonyl (C=O) groups excluding carboxylic acids is 2. The second-order valence-electron chi connectivity index (χ2n) is 6.31. The SMILES string of the molecule is CC(C)CC(=O)N1CCCc2cc(C(=O)CCCCl)ccc21. The van der Waals surface area contributed by atoms with Crippen molar-refractivity contribution in [3.8, 4) is 0 Å². The molecule has 1 aromatic rings. The van der Waals surface area contributed by atoms with E-state index in [9.17, 15) is 9.59 Å². The number of Topliss-reactive ketones (excluding diaryl/α,β-unsaturated/α-hetero) is 1. The molecular weight excluding hydrogens is 298 g/mol. The molecule has 0 N–H and O–H groups in total. The molecule has 1 aliphatic heterocycles. The molecule has 0 unspecified atom stereocenters. The molecule has 0 radical (unpaired) electrons. The molecule has 0 saturated heterocycles. The molecule has 1 aliphatic rings. The van der Waals surface area contributed by atoms with Crippen molar-refractivity contribution in [1.29, 1.82) is 0 Å². The van der Waals surface area contributed by atoms with Crippen LogP contribution in [0.25, 0.3) is 0 Å². The Labute approximate surface area is 137 Å². The smallest absolute Gasteiger partial charge is 0.227 e. The standard InChI is InChI=1S/C18H24ClNO2/c1-13(2)11-18(22)20-10-4-5-14-12-15(7-8-16(14)20)17(21)6-3-9-19/h7-8,12-13H,3-6,9-11H2,1-2H3. The van der Waals surface area contributed by atoms with Gasteiger partial charge in [0.15, 0.2) is 5.78 Å². The van der Waals surface area contributed by atoms with E-state index in [1.165, 1.54) is 0 Å². The van der Waals surface area contributed by atoms with Crippen LogP contribution in [0.3, 0.4) is 0 Å². The molecular formula is C18H24ClNO2. The molecule has 0 fully saturated rings. The minimum atomic E-state index is 0.133. The van der Waals surface area contributed by atoms with Gasteiger partial charge in [-0.2, -0.15) is 0 Å². The lowest BCUT2D eigenvalue weighted by molar-refractivity contribution is -0.119. The number of hydrogen-bond donors (Lipinski definition) is 0. The van der Waals surface area contributed by atoms with Gasteiger partial charge in [-0.25, -0.2) is 0 Å². The van der Waals surface area contributed by atoms with Crippen LogP contribution in [0, 0.1) is 5.92 Å². The first-order valence-corrected chi connectivity index (χ1v) is 8.59. The molecule has 0 atom stereocenters. The van der Waals surface area contributed by atoms with Crippen molar-refractivity contribution in [2.45, 2.75) is 46.0 Å². The van der Waals surface area contributed by atoms with Crippen molar-refractivity contribution >= 4 is 29.0 Å². The average Bonchev–Trinajstić information content (AvgIpc) is 2.50. The van der Waals surface area contributed by atoms with Crippen LogP contribution < -0.4 is 4.90 Å². The highest BCUT2D eigenvalue weighted by atomic mass is 35.5. The maximum absolute atomic E-state index is 12.4. The molecule has 1 heterocycles. The van der Waals surface area contributed by atoms with Crippen LogP contribution in [-0.4, -0.2) is 24.1 Å². The molecule has 0 aliphatic carbocycles. The highest BCUT2D eigenvalue weighted by molar-refractivity contribution is 6.18. The van der Waals surface area contributed by atoms with Gasteiger partial charge in [0.2, 0.25) is 5.91 Å². The number of aryl methyl sites for hydroxylation is 1. The maximum Gasteiger partial charge on any atom is 0.227 e. The fourth-order valence-corrected chi connectivity index (χ4v) is 2.99. The zero-order valence-corrected chi connectivity index (χ0v) is 14.2. The molecule has 0 saturated carbocycles. The molecule has 0 spiro atoms. The third-order valence-corrected chi connectivity index (χ3v) is 4.21. The van der Waals surface area contributed by atoms with E-state index < -0.39 is 0 Å². The first-order chi connectivity index (χ1) is 10.5. The third-order valence-electron chi connectivity index (χ3n) is 3.94. The second kappa shape index (κ2) is 7.77. The van der Waals surface area contributed by atoms with E-state index >= 15 is 0 Å². The summed E-state index contributed by atoms with van der Waals surface area (Å²) in [5, 5.41) is 0. The van der Waals surface area contributed by atoms with Gasteiger partial charge in [0.25, 0.3) is 0 Å². The van der Waals surface area contributed by atoms with E-state index in [0.717, 1.165) is 36.2 Å². The molecule has 1 aromatic carbocycles. The second-order valence-corrected chi connectivity index (χ2v) is 6.68. The van der Waals surface area contributed by atoms with Gasteiger partial charge in [-0.3, -0.25) is 9.59 Å². The summed E-state index contributed by atoms with van der Waals surface area (Å²) >= 11 is 5.65. The lowest BCUT2D eigenvalue weighted by atomic mass is 9.96. The molecule has 22 heavy (non-hydrogen) atoms. The van der Waals surface area contributed by atoms with Gasteiger partial charge in [-0.1, -0.05) is 13.8 Å². The number of benzene rings is 1. The van der Waals surface area contributed by atoms with Gasteiger partial charge in [-0.05, 0) is 48.9 Å². The van der Waals surface area contributed by atoms with E-state index in [-0.39, 0.29) is 11.7 Å². The molecule has 120 valence electrons. The maximum atomic E-state index is 12.4. The number of alkyl halides is 1. The Morgan fingerprint density at radius 2 is 2.09 bits per heavy atom. The number of carbonyl (C=O) groups is 2. The lowest BCUT2D eigenvalue weighted by Crippen LogP contribution is -2.36. The minimum absolute atomic E-state index is 0.133. The van der Waals surface area contributed by atoms with Crippen LogP contribution in [0.15, 0.2) is 18.2 Å². The summed E-state index contributed by atoms with van der Waals surface area (Å²) in [6.07, 6.45) is 3.64. The van der Waals surface area contributed by atoms with Crippen molar-refractivity contribution in [2.24, 2.45) is 5.92 Å². The third kappa shape index (κ3) is 4.10. The number of ketones is 1. The van der Waals surface area contributed by atoms with Crippen molar-refractivity contribution in [1.82, 2.24) is 0 Å². The predicted molar refractivity (Wildman–Crippen MR) is 90.9 cm³/mol. The first-order valence-electron chi connectivity index (χ1n) is 8.05. The van der Waals surface area contributed by atoms with Gasteiger partial charge in [0.05, 0.1) is 0 Å². The fraction of sp³-hybridized carbons (Fsp3) is 0.556. The zero-order chi connectivity index (χ0) is 16.1. The summed E-state index contributed by atoms with van der Waals surface area (Å²) in [6.45, 7) is 4.89. The number of amides is 1. The summed E-state index contributed by atoms with van der Waals surface area (Å²) in [7, 11) is 0. The Balaban J connectivity index is 2.19. The van der Waals surface area contributed by atoms with Crippen LogP contribution in [0.5, 0.6) is 0 Å². The van der Waals surface area contributed by atoms with Crippen LogP contribution in [0.2, 0.25) is 0 Å². The number of anilines is 1. The summed E-state index contributed by atoms with van der Waals surface area (Å²) in [5.41, 5.74) is 2.83. The Bertz CT molecular complexity index is 554. The van der Waals surface area contributed by atoms with Crippen molar-refractivity contribution < 1.29 is 9.59 Å². The van der Waals surface area contributed by atoms with Crippen LogP contribution in [0.4, 0.5) is 5.69 Å². The van der Waals surface area contributed by atoms with E-state index in [1.54, 1.807) is 0 Å². The van der Waals surface area contributed by atoms with Crippen LogP contribution in [0.1, 0.15) is 55.5 Å². The molecule has 0 bridgehead atoms. The van der Waals surface area contributed by atoms with Gasteiger partial charge in [0, 0.05) is 36.5 Å². The van der Waals surface area contributed by atoms with Crippen molar-refractivity contribution in [3.63, 3.8) is 0 Å². The zero-order valence-electron chi connectivity index (χ0n) is 13.4. The summed E-state index contributed by atoms with van der Waals surface area (Å²) in [4.78, 5) is 26.4. The fourth-order valence-electron chi connectivity index (χ4n) is 2.86. The summed E-state index contributed by atoms with van der Waals surface area (Å²) in [5.74, 6) is 1.18. The van der Waals surface area contributed by atoms with Gasteiger partial charge in [-0.15, -0.1) is 11.6 Å². The molecule has 4 heteroatoms. The monoisotopic (exact) mass is 321 g/mol. The first kappa shape index (κ1) is 17.0. The Morgan fingerprint density at radius 1 is 1.32 bits per heavy atom. The van der Waals surface area contributed by atoms with E-state index in [2.05, 4.69) is 13.8 Å². The van der Waals surface area contributed by atoms with E-state index in [1.807, 2.05) is 23.1 Å². The predicted octanol–water partition coefficient (Wildman–Crippen LogP) is 4.21. The van der Waals surface area contributed by atoms with Crippen LogP contribution >= 0.6 is 11.6 Å². The highest BCUT2D eigenvalue weighted by Gasteiger charge is 2.23. The number of rotatable bonds is 6. The molecule has 3 nitrogen and oxygen atoms in total. The van der Waals surface area contributed by atoms with Crippen LogP contribution in [-0.2, 0) is 11.2 Å². The highest BCUT2D eigenvalue weighted by Crippen LogP contribution is 2.29. The van der Waals surface area contributed by atoms with E-state index in [4.69, 9.17) is 11.6 Å². The van der Waals surface area contributed by atoms with Crippen molar-refractivity contribution in [3.05, 3.63) is 29.3 Å². The number of nitrogens with zero attached hydrogens (tertiary/aromatic N) is 1. The van der Waals surface area contributed by atoms with Gasteiger partial charge in [0.1, 0.15) is 0 Å².